The molecule has 0 spiro atoms. The molecule has 4 rings (SSSR count). The summed E-state index contributed by atoms with van der Waals surface area (Å²) in [7, 11) is 1.60. The standard InChI is InChI=1S/C30H31N3O3/c1-5-22(3)36-28-18-12-23(19-29(28)35-4)20-31-32-30(34)25-13-15-26(16-14-25)33-21(2)11-17-27(33)24-9-7-6-8-10-24/h6-20,22H,5H2,1-4H3,(H,32,34)/b31-20+/t22-/m1/s1. The monoisotopic (exact) mass is 481 g/mol. The van der Waals surface area contributed by atoms with E-state index in [0.29, 0.717) is 17.1 Å². The molecule has 0 bridgehead atoms. The van der Waals surface area contributed by atoms with E-state index < -0.39 is 0 Å². The van der Waals surface area contributed by atoms with Gasteiger partial charge in [-0.05, 0) is 86.0 Å². The summed E-state index contributed by atoms with van der Waals surface area (Å²) in [4.78, 5) is 12.6. The zero-order chi connectivity index (χ0) is 25.5. The van der Waals surface area contributed by atoms with Crippen LogP contribution in [0, 0.1) is 6.92 Å². The van der Waals surface area contributed by atoms with E-state index in [1.165, 1.54) is 0 Å². The molecule has 0 saturated heterocycles. The predicted octanol–water partition coefficient (Wildman–Crippen LogP) is 6.40. The first-order chi connectivity index (χ1) is 17.5. The summed E-state index contributed by atoms with van der Waals surface area (Å²) in [6, 6.07) is 27.5. The first-order valence-electron chi connectivity index (χ1n) is 12.0. The minimum Gasteiger partial charge on any atom is -0.493 e. The predicted molar refractivity (Wildman–Crippen MR) is 144 cm³/mol. The topological polar surface area (TPSA) is 64.8 Å². The number of aromatic nitrogens is 1. The first-order valence-corrected chi connectivity index (χ1v) is 12.0. The molecule has 0 aliphatic carbocycles. The molecule has 36 heavy (non-hydrogen) atoms. The Morgan fingerprint density at radius 1 is 1.00 bits per heavy atom. The molecule has 184 valence electrons. The van der Waals surface area contributed by atoms with Crippen LogP contribution in [0.4, 0.5) is 0 Å². The first kappa shape index (κ1) is 24.8. The van der Waals surface area contributed by atoms with Crippen molar-refractivity contribution in [3.8, 4) is 28.4 Å². The van der Waals surface area contributed by atoms with Crippen LogP contribution in [0.2, 0.25) is 0 Å². The smallest absolute Gasteiger partial charge is 0.271 e. The molecule has 0 fully saturated rings. The number of rotatable bonds is 9. The average Bonchev–Trinajstić information content (AvgIpc) is 3.31. The van der Waals surface area contributed by atoms with Gasteiger partial charge in [-0.2, -0.15) is 5.10 Å². The van der Waals surface area contributed by atoms with Crippen LogP contribution in [0.15, 0.2) is 90.0 Å². The molecule has 1 amide bonds. The quantitative estimate of drug-likeness (QED) is 0.222. The van der Waals surface area contributed by atoms with Crippen molar-refractivity contribution in [3.05, 3.63) is 102 Å². The van der Waals surface area contributed by atoms with E-state index in [2.05, 4.69) is 53.2 Å². The molecule has 1 N–H and O–H groups in total. The number of aryl methyl sites for hydroxylation is 1. The molecule has 0 unspecified atom stereocenters. The maximum atomic E-state index is 12.6. The van der Waals surface area contributed by atoms with E-state index in [4.69, 9.17) is 9.47 Å². The van der Waals surface area contributed by atoms with Crippen molar-refractivity contribution in [2.75, 3.05) is 7.11 Å². The molecular formula is C30H31N3O3. The van der Waals surface area contributed by atoms with Crippen molar-refractivity contribution in [1.29, 1.82) is 0 Å². The minimum absolute atomic E-state index is 0.0930. The molecule has 0 radical (unpaired) electrons. The number of nitrogens with one attached hydrogen (secondary N) is 1. The van der Waals surface area contributed by atoms with Crippen LogP contribution < -0.4 is 14.9 Å². The van der Waals surface area contributed by atoms with Gasteiger partial charge >= 0.3 is 0 Å². The maximum absolute atomic E-state index is 12.6. The fourth-order valence-electron chi connectivity index (χ4n) is 3.87. The lowest BCUT2D eigenvalue weighted by Gasteiger charge is -2.15. The normalized spacial score (nSPS) is 11.9. The van der Waals surface area contributed by atoms with Crippen LogP contribution in [0.5, 0.6) is 11.5 Å². The second-order valence-corrected chi connectivity index (χ2v) is 8.55. The second kappa shape index (κ2) is 11.4. The van der Waals surface area contributed by atoms with Crippen molar-refractivity contribution in [2.24, 2.45) is 5.10 Å². The summed E-state index contributed by atoms with van der Waals surface area (Å²) >= 11 is 0. The molecule has 1 heterocycles. The van der Waals surface area contributed by atoms with Crippen molar-refractivity contribution in [3.63, 3.8) is 0 Å². The van der Waals surface area contributed by atoms with Crippen molar-refractivity contribution in [1.82, 2.24) is 9.99 Å². The van der Waals surface area contributed by atoms with E-state index in [1.807, 2.05) is 55.5 Å². The van der Waals surface area contributed by atoms with Gasteiger partial charge in [0.25, 0.3) is 5.91 Å². The van der Waals surface area contributed by atoms with E-state index in [0.717, 1.165) is 34.6 Å². The minimum atomic E-state index is -0.283. The van der Waals surface area contributed by atoms with E-state index in [-0.39, 0.29) is 12.0 Å². The molecule has 0 aliphatic rings. The fourth-order valence-corrected chi connectivity index (χ4v) is 3.87. The molecule has 0 aliphatic heterocycles. The largest absolute Gasteiger partial charge is 0.493 e. The SMILES string of the molecule is CC[C@@H](C)Oc1ccc(/C=N/NC(=O)c2ccc(-n3c(C)ccc3-c3ccccc3)cc2)cc1OC. The Bertz CT molecular complexity index is 1340. The number of hydrazone groups is 1. The number of ether oxygens (including phenoxy) is 2. The maximum Gasteiger partial charge on any atom is 0.271 e. The highest BCUT2D eigenvalue weighted by molar-refractivity contribution is 5.95. The van der Waals surface area contributed by atoms with Gasteiger partial charge in [0.2, 0.25) is 0 Å². The van der Waals surface area contributed by atoms with Gasteiger partial charge in [0.05, 0.1) is 25.1 Å². The lowest BCUT2D eigenvalue weighted by atomic mass is 10.1. The van der Waals surface area contributed by atoms with Crippen LogP contribution in [0.3, 0.4) is 0 Å². The molecule has 1 aromatic heterocycles. The lowest BCUT2D eigenvalue weighted by Crippen LogP contribution is -2.17. The number of methoxy groups -OCH3 is 1. The number of hydrogen-bond donors (Lipinski definition) is 1. The van der Waals surface area contributed by atoms with Crippen LogP contribution in [0.1, 0.15) is 41.9 Å². The lowest BCUT2D eigenvalue weighted by molar-refractivity contribution is 0.0955. The summed E-state index contributed by atoms with van der Waals surface area (Å²) in [6.07, 6.45) is 2.57. The number of carbonyl (C=O) groups is 1. The van der Waals surface area contributed by atoms with Gasteiger partial charge in [0, 0.05) is 16.9 Å². The number of benzene rings is 3. The van der Waals surface area contributed by atoms with E-state index >= 15 is 0 Å². The van der Waals surface area contributed by atoms with Gasteiger partial charge in [0.15, 0.2) is 11.5 Å². The van der Waals surface area contributed by atoms with Crippen LogP contribution >= 0.6 is 0 Å². The summed E-state index contributed by atoms with van der Waals surface area (Å²) in [5.74, 6) is 1.02. The summed E-state index contributed by atoms with van der Waals surface area (Å²) in [6.45, 7) is 6.15. The Labute approximate surface area is 212 Å². The van der Waals surface area contributed by atoms with Gasteiger partial charge in [-0.3, -0.25) is 4.79 Å². The molecule has 0 saturated carbocycles. The Kier molecular flexibility index (Phi) is 7.85. The Morgan fingerprint density at radius 2 is 1.75 bits per heavy atom. The van der Waals surface area contributed by atoms with Gasteiger partial charge in [-0.1, -0.05) is 37.3 Å². The number of hydrogen-bond acceptors (Lipinski definition) is 4. The van der Waals surface area contributed by atoms with E-state index in [9.17, 15) is 4.79 Å². The molecule has 4 aromatic rings. The van der Waals surface area contributed by atoms with Crippen molar-refractivity contribution < 1.29 is 14.3 Å². The highest BCUT2D eigenvalue weighted by atomic mass is 16.5. The van der Waals surface area contributed by atoms with Crippen molar-refractivity contribution in [2.45, 2.75) is 33.3 Å². The summed E-state index contributed by atoms with van der Waals surface area (Å²) in [5.41, 5.74) is 8.25. The number of carbonyl (C=O) groups excluding carboxylic acids is 1. The van der Waals surface area contributed by atoms with Gasteiger partial charge in [-0.15, -0.1) is 0 Å². The third-order valence-corrected chi connectivity index (χ3v) is 6.00. The van der Waals surface area contributed by atoms with E-state index in [1.54, 1.807) is 25.5 Å². The Hall–Kier alpha value is -4.32. The van der Waals surface area contributed by atoms with Crippen LogP contribution in [-0.2, 0) is 0 Å². The van der Waals surface area contributed by atoms with Crippen LogP contribution in [-0.4, -0.2) is 29.9 Å². The Balaban J connectivity index is 1.44. The molecule has 3 aromatic carbocycles. The average molecular weight is 482 g/mol. The zero-order valence-electron chi connectivity index (χ0n) is 21.1. The number of nitrogens with zero attached hydrogens (tertiary/aromatic N) is 2. The van der Waals surface area contributed by atoms with Gasteiger partial charge in [0.1, 0.15) is 0 Å². The molecular weight excluding hydrogens is 450 g/mol. The summed E-state index contributed by atoms with van der Waals surface area (Å²) < 4.78 is 13.5. The molecule has 1 atom stereocenters. The third-order valence-electron chi connectivity index (χ3n) is 6.00. The van der Waals surface area contributed by atoms with Crippen molar-refractivity contribution >= 4 is 12.1 Å². The zero-order valence-corrected chi connectivity index (χ0v) is 21.1. The highest BCUT2D eigenvalue weighted by Crippen LogP contribution is 2.29. The van der Waals surface area contributed by atoms with Crippen LogP contribution in [0.25, 0.3) is 16.9 Å². The molecule has 6 heteroatoms. The molecule has 6 nitrogen and oxygen atoms in total. The van der Waals surface area contributed by atoms with Gasteiger partial charge < -0.3 is 14.0 Å². The number of amides is 1. The van der Waals surface area contributed by atoms with Gasteiger partial charge in [-0.25, -0.2) is 5.43 Å². The third kappa shape index (κ3) is 5.66. The Morgan fingerprint density at radius 3 is 2.44 bits per heavy atom. The fraction of sp³-hybridized carbons (Fsp3) is 0.200. The summed E-state index contributed by atoms with van der Waals surface area (Å²) in [5, 5.41) is 4.11. The second-order valence-electron chi connectivity index (χ2n) is 8.55. The highest BCUT2D eigenvalue weighted by Gasteiger charge is 2.11.